The summed E-state index contributed by atoms with van der Waals surface area (Å²) in [5.41, 5.74) is 1.92. The van der Waals surface area contributed by atoms with Gasteiger partial charge in [-0.05, 0) is 48.7 Å². The molecule has 0 aliphatic carbocycles. The van der Waals surface area contributed by atoms with Gasteiger partial charge in [-0.1, -0.05) is 12.1 Å². The van der Waals surface area contributed by atoms with Crippen LogP contribution < -0.4 is 10.6 Å². The van der Waals surface area contributed by atoms with Gasteiger partial charge in [0.05, 0.1) is 6.10 Å². The molecule has 0 aliphatic heterocycles. The molecule has 3 aromatic rings. The van der Waals surface area contributed by atoms with Crippen molar-refractivity contribution in [3.05, 3.63) is 65.7 Å². The van der Waals surface area contributed by atoms with Gasteiger partial charge in [0.2, 0.25) is 5.95 Å². The van der Waals surface area contributed by atoms with E-state index in [0.29, 0.717) is 17.7 Å². The molecule has 0 spiro atoms. The number of hydrogen-bond acceptors (Lipinski definition) is 6. The van der Waals surface area contributed by atoms with Gasteiger partial charge in [0.25, 0.3) is 5.91 Å². The number of carbonyl (C=O) groups is 1. The number of benzene rings is 1. The predicted molar refractivity (Wildman–Crippen MR) is 118 cm³/mol. The van der Waals surface area contributed by atoms with E-state index in [1.54, 1.807) is 24.3 Å². The second-order valence-corrected chi connectivity index (χ2v) is 7.63. The van der Waals surface area contributed by atoms with Crippen molar-refractivity contribution in [3.63, 3.8) is 0 Å². The highest BCUT2D eigenvalue weighted by molar-refractivity contribution is 6.17. The van der Waals surface area contributed by atoms with Crippen LogP contribution >= 0.6 is 11.6 Å². The number of aliphatic hydroxyl groups excluding tert-OH is 1. The Balaban J connectivity index is 1.75. The third-order valence-corrected chi connectivity index (χ3v) is 4.77. The normalized spacial score (nSPS) is 12.3. The van der Waals surface area contributed by atoms with E-state index in [-0.39, 0.29) is 24.1 Å². The van der Waals surface area contributed by atoms with E-state index in [2.05, 4.69) is 25.6 Å². The monoisotopic (exact) mass is 479 g/mol. The topological polar surface area (TPSA) is 100 Å². The van der Waals surface area contributed by atoms with Crippen LogP contribution in [0.15, 0.2) is 48.8 Å². The van der Waals surface area contributed by atoms with Crippen LogP contribution in [0.5, 0.6) is 0 Å². The van der Waals surface area contributed by atoms with E-state index in [1.807, 2.05) is 13.0 Å². The fourth-order valence-electron chi connectivity index (χ4n) is 2.96. The molecule has 7 nitrogen and oxygen atoms in total. The molecule has 0 saturated carbocycles. The number of aromatic nitrogens is 3. The number of nitrogens with zero attached hydrogens (tertiary/aromatic N) is 3. The van der Waals surface area contributed by atoms with Crippen LogP contribution in [-0.2, 0) is 6.18 Å². The van der Waals surface area contributed by atoms with E-state index < -0.39 is 23.9 Å². The molecule has 11 heteroatoms. The first-order chi connectivity index (χ1) is 15.7. The smallest absolute Gasteiger partial charge is 0.391 e. The number of carbonyl (C=O) groups excluding carboxylic acids is 1. The summed E-state index contributed by atoms with van der Waals surface area (Å²) in [4.78, 5) is 23.7. The number of hydrogen-bond donors (Lipinski definition) is 3. The van der Waals surface area contributed by atoms with Crippen LogP contribution in [0.1, 0.15) is 28.2 Å². The Hall–Kier alpha value is -3.24. The summed E-state index contributed by atoms with van der Waals surface area (Å²) in [5, 5.41) is 15.0. The molecule has 0 radical (unpaired) electrons. The van der Waals surface area contributed by atoms with Gasteiger partial charge in [-0.3, -0.25) is 9.78 Å². The molecule has 174 valence electrons. The number of rotatable bonds is 8. The summed E-state index contributed by atoms with van der Waals surface area (Å²) in [6.07, 6.45) is -2.38. The maximum atomic E-state index is 12.9. The van der Waals surface area contributed by atoms with E-state index in [1.165, 1.54) is 6.20 Å². The molecular formula is C22H21ClF3N5O2. The van der Waals surface area contributed by atoms with E-state index in [4.69, 9.17) is 11.6 Å². The number of nitrogens with one attached hydrogen (secondary N) is 2. The fraction of sp³-hybridized carbons (Fsp3) is 0.273. The first-order valence-electron chi connectivity index (χ1n) is 9.93. The lowest BCUT2D eigenvalue weighted by Gasteiger charge is -2.12. The zero-order valence-corrected chi connectivity index (χ0v) is 18.3. The maximum Gasteiger partial charge on any atom is 0.433 e. The molecule has 3 N–H and O–H groups in total. The number of aryl methyl sites for hydroxylation is 1. The van der Waals surface area contributed by atoms with Crippen LogP contribution in [0.3, 0.4) is 0 Å². The molecule has 1 amide bonds. The van der Waals surface area contributed by atoms with Crippen LogP contribution in [-0.4, -0.2) is 44.5 Å². The minimum atomic E-state index is -4.57. The summed E-state index contributed by atoms with van der Waals surface area (Å²) in [7, 11) is 0. The van der Waals surface area contributed by atoms with Crippen molar-refractivity contribution in [2.45, 2.75) is 25.6 Å². The summed E-state index contributed by atoms with van der Waals surface area (Å²) in [6, 6.07) is 9.39. The number of amides is 1. The molecule has 2 heterocycles. The van der Waals surface area contributed by atoms with Crippen molar-refractivity contribution >= 4 is 29.1 Å². The first-order valence-corrected chi connectivity index (χ1v) is 10.5. The van der Waals surface area contributed by atoms with Crippen molar-refractivity contribution < 1.29 is 23.1 Å². The molecule has 1 unspecified atom stereocenters. The van der Waals surface area contributed by atoms with Gasteiger partial charge in [0.1, 0.15) is 11.4 Å². The Bertz CT molecular complexity index is 1110. The minimum absolute atomic E-state index is 0.0690. The van der Waals surface area contributed by atoms with Gasteiger partial charge >= 0.3 is 6.18 Å². The van der Waals surface area contributed by atoms with E-state index >= 15 is 0 Å². The largest absolute Gasteiger partial charge is 0.433 e. The molecule has 0 fully saturated rings. The number of halogens is 4. The Morgan fingerprint density at radius 2 is 1.94 bits per heavy atom. The quantitative estimate of drug-likeness (QED) is 0.416. The predicted octanol–water partition coefficient (Wildman–Crippen LogP) is 4.33. The molecule has 0 aliphatic rings. The lowest BCUT2D eigenvalue weighted by atomic mass is 10.0. The Labute approximate surface area is 193 Å². The third-order valence-electron chi connectivity index (χ3n) is 4.55. The van der Waals surface area contributed by atoms with Gasteiger partial charge in [-0.15, -0.1) is 11.6 Å². The van der Waals surface area contributed by atoms with Crippen molar-refractivity contribution in [2.24, 2.45) is 0 Å². The minimum Gasteiger partial charge on any atom is -0.391 e. The fourth-order valence-corrected chi connectivity index (χ4v) is 3.21. The molecule has 0 saturated heterocycles. The average Bonchev–Trinajstić information content (AvgIpc) is 2.77. The van der Waals surface area contributed by atoms with Crippen molar-refractivity contribution in [3.8, 4) is 11.1 Å². The highest BCUT2D eigenvalue weighted by Gasteiger charge is 2.32. The van der Waals surface area contributed by atoms with Gasteiger partial charge in [0.15, 0.2) is 0 Å². The number of aliphatic hydroxyl groups is 1. The first kappa shape index (κ1) is 24.4. The van der Waals surface area contributed by atoms with E-state index in [9.17, 15) is 23.1 Å². The van der Waals surface area contributed by atoms with Crippen LogP contribution in [0, 0.1) is 6.92 Å². The highest BCUT2D eigenvalue weighted by atomic mass is 35.5. The standard InChI is InChI=1S/C22H21ClF3N5O2/c1-13-8-15(10-16(9-13)30-21-27-7-5-19(31-21)22(24,25)26)14-2-3-18(28-11-14)20(33)29-12-17(32)4-6-23/h2-3,5,7-11,17,32H,4,6,12H2,1H3,(H,29,33)(H,27,30,31). The third kappa shape index (κ3) is 6.87. The molecule has 1 atom stereocenters. The van der Waals surface area contributed by atoms with Gasteiger partial charge in [-0.2, -0.15) is 13.2 Å². The molecule has 3 rings (SSSR count). The van der Waals surface area contributed by atoms with Crippen molar-refractivity contribution in [1.29, 1.82) is 0 Å². The maximum absolute atomic E-state index is 12.9. The summed E-state index contributed by atoms with van der Waals surface area (Å²) in [5.74, 6) is -0.316. The lowest BCUT2D eigenvalue weighted by molar-refractivity contribution is -0.141. The Morgan fingerprint density at radius 1 is 1.15 bits per heavy atom. The molecular weight excluding hydrogens is 459 g/mol. The summed E-state index contributed by atoms with van der Waals surface area (Å²) < 4.78 is 38.7. The zero-order chi connectivity index (χ0) is 24.0. The Kier molecular flexibility index (Phi) is 7.83. The number of alkyl halides is 4. The molecule has 2 aromatic heterocycles. The molecule has 0 bridgehead atoms. The van der Waals surface area contributed by atoms with Crippen LogP contribution in [0.2, 0.25) is 0 Å². The second kappa shape index (κ2) is 10.6. The van der Waals surface area contributed by atoms with Crippen molar-refractivity contribution in [2.75, 3.05) is 17.7 Å². The zero-order valence-electron chi connectivity index (χ0n) is 17.5. The van der Waals surface area contributed by atoms with Gasteiger partial charge in [0, 0.05) is 36.1 Å². The SMILES string of the molecule is Cc1cc(Nc2nccc(C(F)(F)F)n2)cc(-c2ccc(C(=O)NCC(O)CCCl)nc2)c1. The van der Waals surface area contributed by atoms with Crippen LogP contribution in [0.4, 0.5) is 24.8 Å². The number of pyridine rings is 1. The van der Waals surface area contributed by atoms with E-state index in [0.717, 1.165) is 23.4 Å². The molecule has 33 heavy (non-hydrogen) atoms. The lowest BCUT2D eigenvalue weighted by Crippen LogP contribution is -2.32. The Morgan fingerprint density at radius 3 is 2.61 bits per heavy atom. The average molecular weight is 480 g/mol. The molecule has 1 aromatic carbocycles. The second-order valence-electron chi connectivity index (χ2n) is 7.25. The van der Waals surface area contributed by atoms with Crippen LogP contribution in [0.25, 0.3) is 11.1 Å². The van der Waals surface area contributed by atoms with Gasteiger partial charge in [-0.25, -0.2) is 9.97 Å². The van der Waals surface area contributed by atoms with Gasteiger partial charge < -0.3 is 15.7 Å². The highest BCUT2D eigenvalue weighted by Crippen LogP contribution is 2.29. The summed E-state index contributed by atoms with van der Waals surface area (Å²) in [6.45, 7) is 1.91. The number of anilines is 2. The van der Waals surface area contributed by atoms with Crippen molar-refractivity contribution in [1.82, 2.24) is 20.3 Å². The summed E-state index contributed by atoms with van der Waals surface area (Å²) >= 11 is 5.56.